The number of amides is 1. The predicted octanol–water partition coefficient (Wildman–Crippen LogP) is 2.49. The number of carbonyl (C=O) groups is 1. The largest absolute Gasteiger partial charge is 0.493 e. The van der Waals surface area contributed by atoms with Gasteiger partial charge in [-0.2, -0.15) is 0 Å². The average molecular weight is 389 g/mol. The Morgan fingerprint density at radius 3 is 2.37 bits per heavy atom. The van der Waals surface area contributed by atoms with Crippen LogP contribution in [0.3, 0.4) is 0 Å². The highest BCUT2D eigenvalue weighted by atomic mass is 32.2. The molecule has 0 saturated carbocycles. The Morgan fingerprint density at radius 1 is 1.00 bits per heavy atom. The summed E-state index contributed by atoms with van der Waals surface area (Å²) in [6.45, 7) is 0.372. The summed E-state index contributed by atoms with van der Waals surface area (Å²) >= 11 is 0. The average Bonchev–Trinajstić information content (AvgIpc) is 2.67. The van der Waals surface area contributed by atoms with Gasteiger partial charge in [-0.05, 0) is 29.7 Å². The maximum atomic E-state index is 12.0. The Kier molecular flexibility index (Phi) is 7.43. The second-order valence-electron chi connectivity index (χ2n) is 5.83. The molecule has 0 unspecified atom stereocenters. The molecule has 1 amide bonds. The lowest BCUT2D eigenvalue weighted by atomic mass is 10.1. The molecule has 1 N–H and O–H groups in total. The van der Waals surface area contributed by atoms with Gasteiger partial charge in [-0.25, -0.2) is 8.42 Å². The van der Waals surface area contributed by atoms with Crippen LogP contribution in [0.15, 0.2) is 60.0 Å². The zero-order valence-corrected chi connectivity index (χ0v) is 16.2. The molecule has 0 bridgehead atoms. The highest BCUT2D eigenvalue weighted by molar-refractivity contribution is 7.93. The summed E-state index contributed by atoms with van der Waals surface area (Å²) in [6, 6.07) is 14.3. The molecule has 27 heavy (non-hydrogen) atoms. The summed E-state index contributed by atoms with van der Waals surface area (Å²) in [5.41, 5.74) is 1.64. The summed E-state index contributed by atoms with van der Waals surface area (Å²) in [7, 11) is -0.370. The van der Waals surface area contributed by atoms with Crippen molar-refractivity contribution >= 4 is 15.7 Å². The van der Waals surface area contributed by atoms with Crippen molar-refractivity contribution in [3.63, 3.8) is 0 Å². The van der Waals surface area contributed by atoms with Crippen molar-refractivity contribution in [2.75, 3.05) is 20.8 Å². The summed E-state index contributed by atoms with van der Waals surface area (Å²) in [4.78, 5) is 11.8. The predicted molar refractivity (Wildman–Crippen MR) is 104 cm³/mol. The van der Waals surface area contributed by atoms with E-state index in [9.17, 15) is 13.2 Å². The van der Waals surface area contributed by atoms with Crippen molar-refractivity contribution in [1.29, 1.82) is 0 Å². The van der Waals surface area contributed by atoms with E-state index >= 15 is 0 Å². The van der Waals surface area contributed by atoms with Crippen molar-refractivity contribution in [2.24, 2.45) is 0 Å². The van der Waals surface area contributed by atoms with Gasteiger partial charge < -0.3 is 14.8 Å². The first-order valence-electron chi connectivity index (χ1n) is 8.37. The number of hydrogen-bond donors (Lipinski definition) is 1. The van der Waals surface area contributed by atoms with Crippen LogP contribution in [0, 0.1) is 0 Å². The quantitative estimate of drug-likeness (QED) is 0.667. The first-order chi connectivity index (χ1) is 12.9. The molecule has 0 radical (unpaired) electrons. The fraction of sp³-hybridized carbons (Fsp3) is 0.250. The van der Waals surface area contributed by atoms with Crippen LogP contribution in [0.1, 0.15) is 11.1 Å². The minimum atomic E-state index is -3.50. The second-order valence-corrected chi connectivity index (χ2v) is 7.71. The third kappa shape index (κ3) is 6.79. The van der Waals surface area contributed by atoms with Crippen LogP contribution in [-0.4, -0.2) is 35.1 Å². The number of methoxy groups -OCH3 is 2. The molecule has 0 aromatic heterocycles. The Labute approximate surface area is 159 Å². The molecule has 2 aromatic rings. The fourth-order valence-electron chi connectivity index (χ4n) is 2.45. The van der Waals surface area contributed by atoms with E-state index in [4.69, 9.17) is 9.47 Å². The van der Waals surface area contributed by atoms with Gasteiger partial charge in [-0.15, -0.1) is 0 Å². The van der Waals surface area contributed by atoms with Gasteiger partial charge in [-0.3, -0.25) is 4.79 Å². The molecule has 0 saturated heterocycles. The molecule has 0 aliphatic rings. The van der Waals surface area contributed by atoms with Crippen molar-refractivity contribution in [2.45, 2.75) is 12.2 Å². The topological polar surface area (TPSA) is 81.7 Å². The third-order valence-corrected chi connectivity index (χ3v) is 5.08. The maximum absolute atomic E-state index is 12.0. The van der Waals surface area contributed by atoms with Gasteiger partial charge in [-0.1, -0.05) is 36.4 Å². The molecule has 0 atom stereocenters. The molecule has 2 rings (SSSR count). The van der Waals surface area contributed by atoms with Gasteiger partial charge in [0.25, 0.3) is 0 Å². The van der Waals surface area contributed by atoms with Gasteiger partial charge in [0.05, 0.1) is 20.0 Å². The van der Waals surface area contributed by atoms with Gasteiger partial charge >= 0.3 is 0 Å². The zero-order chi connectivity index (χ0) is 19.7. The Hall–Kier alpha value is -2.80. The molecule has 2 aromatic carbocycles. The lowest BCUT2D eigenvalue weighted by molar-refractivity contribution is -0.116. The van der Waals surface area contributed by atoms with Gasteiger partial charge in [0.1, 0.15) is 0 Å². The fourth-order valence-corrected chi connectivity index (χ4v) is 3.53. The Balaban J connectivity index is 1.84. The summed E-state index contributed by atoms with van der Waals surface area (Å²) in [6.07, 6.45) is 1.63. The molecule has 0 aliphatic carbocycles. The summed E-state index contributed by atoms with van der Waals surface area (Å²) in [5, 5.41) is 3.62. The standard InChI is InChI=1S/C20H23NO5S/c1-25-18-9-8-16(14-19(18)26-2)10-12-21-20(22)11-13-27(23,24)15-17-6-4-3-5-7-17/h3-9,11,13-14H,10,12,15H2,1-2H3,(H,21,22)/b13-11+. The molecule has 0 heterocycles. The lowest BCUT2D eigenvalue weighted by Crippen LogP contribution is -2.23. The van der Waals surface area contributed by atoms with E-state index in [2.05, 4.69) is 5.32 Å². The minimum absolute atomic E-state index is 0.136. The minimum Gasteiger partial charge on any atom is -0.493 e. The smallest absolute Gasteiger partial charge is 0.244 e. The van der Waals surface area contributed by atoms with Crippen LogP contribution in [0.5, 0.6) is 11.5 Å². The molecule has 6 nitrogen and oxygen atoms in total. The van der Waals surface area contributed by atoms with Crippen molar-refractivity contribution in [3.05, 3.63) is 71.1 Å². The lowest BCUT2D eigenvalue weighted by Gasteiger charge is -2.09. The number of rotatable bonds is 9. The molecular formula is C20H23NO5S. The van der Waals surface area contributed by atoms with Crippen LogP contribution >= 0.6 is 0 Å². The molecule has 0 spiro atoms. The number of sulfone groups is 1. The van der Waals surface area contributed by atoms with Gasteiger partial charge in [0.2, 0.25) is 5.91 Å². The number of hydrogen-bond acceptors (Lipinski definition) is 5. The van der Waals surface area contributed by atoms with Gasteiger partial charge in [0, 0.05) is 18.0 Å². The number of benzene rings is 2. The third-order valence-electron chi connectivity index (χ3n) is 3.80. The van der Waals surface area contributed by atoms with E-state index in [1.165, 1.54) is 0 Å². The number of carbonyl (C=O) groups excluding carboxylic acids is 1. The monoisotopic (exact) mass is 389 g/mol. The molecule has 7 heteroatoms. The van der Waals surface area contributed by atoms with Crippen LogP contribution in [0.4, 0.5) is 0 Å². The molecular weight excluding hydrogens is 366 g/mol. The van der Waals surface area contributed by atoms with E-state index in [0.717, 1.165) is 17.0 Å². The van der Waals surface area contributed by atoms with Crippen LogP contribution < -0.4 is 14.8 Å². The Morgan fingerprint density at radius 2 is 1.70 bits per heavy atom. The van der Waals surface area contributed by atoms with E-state index in [0.29, 0.717) is 30.0 Å². The van der Waals surface area contributed by atoms with Crippen molar-refractivity contribution in [3.8, 4) is 11.5 Å². The van der Waals surface area contributed by atoms with Crippen molar-refractivity contribution < 1.29 is 22.7 Å². The summed E-state index contributed by atoms with van der Waals surface area (Å²) in [5.74, 6) is 0.667. The Bertz CT molecular complexity index is 892. The van der Waals surface area contributed by atoms with Crippen molar-refractivity contribution in [1.82, 2.24) is 5.32 Å². The molecule has 144 valence electrons. The van der Waals surface area contributed by atoms with E-state index in [-0.39, 0.29) is 5.75 Å². The maximum Gasteiger partial charge on any atom is 0.244 e. The highest BCUT2D eigenvalue weighted by Crippen LogP contribution is 2.27. The second kappa shape index (κ2) is 9.78. The SMILES string of the molecule is COc1ccc(CCNC(=O)/C=C/S(=O)(=O)Cc2ccccc2)cc1OC. The zero-order valence-electron chi connectivity index (χ0n) is 15.3. The normalized spacial score (nSPS) is 11.3. The van der Waals surface area contributed by atoms with Gasteiger partial charge in [0.15, 0.2) is 21.3 Å². The van der Waals surface area contributed by atoms with Crippen LogP contribution in [0.2, 0.25) is 0 Å². The first kappa shape index (κ1) is 20.5. The van der Waals surface area contributed by atoms with E-state index in [1.807, 2.05) is 18.2 Å². The van der Waals surface area contributed by atoms with Crippen LogP contribution in [-0.2, 0) is 26.8 Å². The van der Waals surface area contributed by atoms with E-state index in [1.54, 1.807) is 44.6 Å². The highest BCUT2D eigenvalue weighted by Gasteiger charge is 2.09. The number of ether oxygens (including phenoxy) is 2. The first-order valence-corrected chi connectivity index (χ1v) is 10.1. The molecule has 0 aliphatic heterocycles. The van der Waals surface area contributed by atoms with E-state index < -0.39 is 15.7 Å². The summed E-state index contributed by atoms with van der Waals surface area (Å²) < 4.78 is 34.5. The van der Waals surface area contributed by atoms with Crippen LogP contribution in [0.25, 0.3) is 0 Å². The molecule has 0 fully saturated rings. The number of nitrogens with one attached hydrogen (secondary N) is 1.